The molecule has 0 aromatic heterocycles. The monoisotopic (exact) mass is 394 g/mol. The molecular weight excluding hydrogens is 360 g/mol. The van der Waals surface area contributed by atoms with E-state index in [-0.39, 0.29) is 18.2 Å². The van der Waals surface area contributed by atoms with Gasteiger partial charge in [-0.1, -0.05) is 70.2 Å². The minimum absolute atomic E-state index is 0.0218. The van der Waals surface area contributed by atoms with Crippen molar-refractivity contribution in [1.29, 1.82) is 0 Å². The Kier molecular flexibility index (Phi) is 8.00. The van der Waals surface area contributed by atoms with Gasteiger partial charge in [-0.15, -0.1) is 0 Å². The second kappa shape index (κ2) is 10.2. The van der Waals surface area contributed by atoms with E-state index >= 15 is 0 Å². The number of hydrogen-bond donors (Lipinski definition) is 1. The Morgan fingerprint density at radius 3 is 2.03 bits per heavy atom. The average molecular weight is 395 g/mol. The van der Waals surface area contributed by atoms with E-state index in [2.05, 4.69) is 51.2 Å². The number of benzene rings is 2. The lowest BCUT2D eigenvalue weighted by Gasteiger charge is -2.23. The Balaban J connectivity index is 2.10. The fraction of sp³-hybridized carbons (Fsp3) is 0.440. The van der Waals surface area contributed by atoms with E-state index in [0.29, 0.717) is 24.9 Å². The van der Waals surface area contributed by atoms with Crippen molar-refractivity contribution in [1.82, 2.24) is 4.90 Å². The molecule has 0 aliphatic carbocycles. The predicted octanol–water partition coefficient (Wildman–Crippen LogP) is 5.62. The molecular formula is C25H34N2O2. The zero-order valence-corrected chi connectivity index (χ0v) is 18.6. The number of carbonyl (C=O) groups is 2. The number of rotatable bonds is 8. The number of para-hydroxylation sites is 1. The second-order valence-corrected chi connectivity index (χ2v) is 8.29. The van der Waals surface area contributed by atoms with Gasteiger partial charge in [0.1, 0.15) is 0 Å². The minimum Gasteiger partial charge on any atom is -0.338 e. The van der Waals surface area contributed by atoms with Crippen molar-refractivity contribution >= 4 is 17.5 Å². The number of nitrogens with one attached hydrogen (secondary N) is 1. The first-order valence-corrected chi connectivity index (χ1v) is 10.4. The molecule has 0 atom stereocenters. The normalized spacial score (nSPS) is 11.0. The Bertz CT molecular complexity index is 829. The topological polar surface area (TPSA) is 49.4 Å². The molecule has 156 valence electrons. The zero-order valence-electron chi connectivity index (χ0n) is 18.6. The number of nitrogens with zero attached hydrogens (tertiary/aromatic N) is 1. The molecule has 0 radical (unpaired) electrons. The molecule has 0 aliphatic heterocycles. The van der Waals surface area contributed by atoms with Crippen LogP contribution in [0.15, 0.2) is 42.5 Å². The van der Waals surface area contributed by atoms with Crippen LogP contribution in [0.1, 0.15) is 75.1 Å². The van der Waals surface area contributed by atoms with Gasteiger partial charge < -0.3 is 10.2 Å². The molecule has 0 saturated carbocycles. The highest BCUT2D eigenvalue weighted by Gasteiger charge is 2.17. The minimum atomic E-state index is -0.0592. The summed E-state index contributed by atoms with van der Waals surface area (Å²) in [6.07, 6.45) is 0.273. The van der Waals surface area contributed by atoms with E-state index in [1.807, 2.05) is 31.2 Å². The molecule has 4 heteroatoms. The Morgan fingerprint density at radius 2 is 1.52 bits per heavy atom. The third kappa shape index (κ3) is 6.18. The SMILES string of the molecule is CC(=O)N(CCC(=O)Nc1c(C(C)C)cccc1C(C)C)Cc1ccccc1C. The van der Waals surface area contributed by atoms with E-state index in [0.717, 1.165) is 27.9 Å². The molecule has 0 spiro atoms. The first kappa shape index (κ1) is 22.7. The van der Waals surface area contributed by atoms with Crippen molar-refractivity contribution in [2.45, 2.75) is 66.3 Å². The average Bonchev–Trinajstić information content (AvgIpc) is 2.66. The van der Waals surface area contributed by atoms with Gasteiger partial charge in [-0.2, -0.15) is 0 Å². The Labute approximate surface area is 175 Å². The maximum atomic E-state index is 12.8. The van der Waals surface area contributed by atoms with Crippen molar-refractivity contribution in [3.05, 3.63) is 64.7 Å². The van der Waals surface area contributed by atoms with E-state index in [1.165, 1.54) is 0 Å². The van der Waals surface area contributed by atoms with Crippen molar-refractivity contribution in [2.75, 3.05) is 11.9 Å². The molecule has 4 nitrogen and oxygen atoms in total. The van der Waals surface area contributed by atoms with Crippen molar-refractivity contribution in [3.63, 3.8) is 0 Å². The van der Waals surface area contributed by atoms with Crippen molar-refractivity contribution < 1.29 is 9.59 Å². The highest BCUT2D eigenvalue weighted by atomic mass is 16.2. The molecule has 0 unspecified atom stereocenters. The van der Waals surface area contributed by atoms with Crippen LogP contribution >= 0.6 is 0 Å². The molecule has 0 bridgehead atoms. The molecule has 2 amide bonds. The molecule has 29 heavy (non-hydrogen) atoms. The Hall–Kier alpha value is -2.62. The van der Waals surface area contributed by atoms with Crippen molar-refractivity contribution in [3.8, 4) is 0 Å². The van der Waals surface area contributed by atoms with Gasteiger partial charge in [-0.3, -0.25) is 9.59 Å². The Morgan fingerprint density at radius 1 is 0.931 bits per heavy atom. The van der Waals surface area contributed by atoms with Crippen LogP contribution in [0.25, 0.3) is 0 Å². The summed E-state index contributed by atoms with van der Waals surface area (Å²) in [6, 6.07) is 14.2. The number of aryl methyl sites for hydroxylation is 1. The van der Waals surface area contributed by atoms with Crippen LogP contribution in [0, 0.1) is 6.92 Å². The number of hydrogen-bond acceptors (Lipinski definition) is 2. The quantitative estimate of drug-likeness (QED) is 0.632. The summed E-state index contributed by atoms with van der Waals surface area (Å²) >= 11 is 0. The molecule has 2 rings (SSSR count). The number of anilines is 1. The van der Waals surface area contributed by atoms with Crippen LogP contribution < -0.4 is 5.32 Å². The number of amides is 2. The van der Waals surface area contributed by atoms with Crippen LogP contribution in [0.3, 0.4) is 0 Å². The molecule has 2 aromatic rings. The van der Waals surface area contributed by atoms with Crippen LogP contribution in [-0.2, 0) is 16.1 Å². The molecule has 0 heterocycles. The predicted molar refractivity (Wildman–Crippen MR) is 120 cm³/mol. The summed E-state index contributed by atoms with van der Waals surface area (Å²) < 4.78 is 0. The van der Waals surface area contributed by atoms with E-state index in [4.69, 9.17) is 0 Å². The lowest BCUT2D eigenvalue weighted by molar-refractivity contribution is -0.129. The van der Waals surface area contributed by atoms with Crippen LogP contribution in [0.5, 0.6) is 0 Å². The smallest absolute Gasteiger partial charge is 0.226 e. The summed E-state index contributed by atoms with van der Waals surface area (Å²) in [5, 5.41) is 3.13. The third-order valence-corrected chi connectivity index (χ3v) is 5.31. The standard InChI is InChI=1S/C25H34N2O2/c1-17(2)22-12-9-13-23(18(3)4)25(22)26-24(29)14-15-27(20(6)28)16-21-11-8-7-10-19(21)5/h7-13,17-18H,14-16H2,1-6H3,(H,26,29). The molecule has 2 aromatic carbocycles. The second-order valence-electron chi connectivity index (χ2n) is 8.29. The summed E-state index contributed by atoms with van der Waals surface area (Å²) in [4.78, 5) is 26.6. The zero-order chi connectivity index (χ0) is 21.6. The van der Waals surface area contributed by atoms with Gasteiger partial charge in [0, 0.05) is 32.1 Å². The molecule has 0 saturated heterocycles. The van der Waals surface area contributed by atoms with Gasteiger partial charge in [-0.05, 0) is 41.0 Å². The summed E-state index contributed by atoms with van der Waals surface area (Å²) in [7, 11) is 0. The van der Waals surface area contributed by atoms with E-state index in [1.54, 1.807) is 11.8 Å². The molecule has 0 aliphatic rings. The van der Waals surface area contributed by atoms with E-state index in [9.17, 15) is 9.59 Å². The van der Waals surface area contributed by atoms with Crippen LogP contribution in [0.2, 0.25) is 0 Å². The lowest BCUT2D eigenvalue weighted by atomic mass is 9.92. The van der Waals surface area contributed by atoms with Gasteiger partial charge in [-0.25, -0.2) is 0 Å². The molecule has 0 fully saturated rings. The fourth-order valence-electron chi connectivity index (χ4n) is 3.47. The molecule has 1 N–H and O–H groups in total. The maximum absolute atomic E-state index is 12.8. The highest BCUT2D eigenvalue weighted by molar-refractivity contribution is 5.93. The van der Waals surface area contributed by atoms with Crippen molar-refractivity contribution in [2.24, 2.45) is 0 Å². The number of carbonyl (C=O) groups excluding carboxylic acids is 2. The van der Waals surface area contributed by atoms with Gasteiger partial charge in [0.05, 0.1) is 0 Å². The first-order valence-electron chi connectivity index (χ1n) is 10.4. The van der Waals surface area contributed by atoms with Gasteiger partial charge in [0.15, 0.2) is 0 Å². The highest BCUT2D eigenvalue weighted by Crippen LogP contribution is 2.32. The third-order valence-electron chi connectivity index (χ3n) is 5.31. The summed E-state index contributed by atoms with van der Waals surface area (Å²) in [5.41, 5.74) is 5.47. The maximum Gasteiger partial charge on any atom is 0.226 e. The summed E-state index contributed by atoms with van der Waals surface area (Å²) in [6.45, 7) is 13.1. The van der Waals surface area contributed by atoms with Gasteiger partial charge in [0.2, 0.25) is 11.8 Å². The van der Waals surface area contributed by atoms with Gasteiger partial charge in [0.25, 0.3) is 0 Å². The largest absolute Gasteiger partial charge is 0.338 e. The first-order chi connectivity index (χ1) is 13.7. The van der Waals surface area contributed by atoms with Gasteiger partial charge >= 0.3 is 0 Å². The van der Waals surface area contributed by atoms with E-state index < -0.39 is 0 Å². The fourth-order valence-corrected chi connectivity index (χ4v) is 3.47. The lowest BCUT2D eigenvalue weighted by Crippen LogP contribution is -2.32. The summed E-state index contributed by atoms with van der Waals surface area (Å²) in [5.74, 6) is 0.556. The van der Waals surface area contributed by atoms with Crippen LogP contribution in [-0.4, -0.2) is 23.3 Å². The van der Waals surface area contributed by atoms with Crippen LogP contribution in [0.4, 0.5) is 5.69 Å².